The second-order valence-electron chi connectivity index (χ2n) is 4.83. The lowest BCUT2D eigenvalue weighted by Gasteiger charge is -2.28. The maximum absolute atomic E-state index is 5.02. The second kappa shape index (κ2) is 8.56. The van der Waals surface area contributed by atoms with Gasteiger partial charge in [-0.2, -0.15) is 0 Å². The number of anilines is 1. The molecule has 0 atom stereocenters. The predicted molar refractivity (Wildman–Crippen MR) is 85.9 cm³/mol. The molecule has 0 aliphatic carbocycles. The first kappa shape index (κ1) is 16.5. The van der Waals surface area contributed by atoms with Gasteiger partial charge in [-0.25, -0.2) is 0 Å². The zero-order valence-corrected chi connectivity index (χ0v) is 14.0. The molecular formula is C15H25BrN2O. The Morgan fingerprint density at radius 3 is 2.63 bits per heavy atom. The van der Waals surface area contributed by atoms with Gasteiger partial charge < -0.3 is 15.0 Å². The Morgan fingerprint density at radius 2 is 2.11 bits per heavy atom. The molecule has 0 saturated heterocycles. The molecule has 0 aliphatic heterocycles. The van der Waals surface area contributed by atoms with Crippen molar-refractivity contribution in [1.82, 2.24) is 5.32 Å². The molecule has 0 aliphatic rings. The molecule has 0 bridgehead atoms. The highest BCUT2D eigenvalue weighted by atomic mass is 79.9. The van der Waals surface area contributed by atoms with E-state index in [-0.39, 0.29) is 0 Å². The summed E-state index contributed by atoms with van der Waals surface area (Å²) in [6.07, 6.45) is 0. The fraction of sp³-hybridized carbons (Fsp3) is 0.600. The summed E-state index contributed by atoms with van der Waals surface area (Å²) < 4.78 is 6.18. The molecule has 3 nitrogen and oxygen atoms in total. The Labute approximate surface area is 125 Å². The van der Waals surface area contributed by atoms with Crippen molar-refractivity contribution in [2.24, 2.45) is 0 Å². The van der Waals surface area contributed by atoms with Gasteiger partial charge >= 0.3 is 0 Å². The number of nitrogens with zero attached hydrogens (tertiary/aromatic N) is 1. The van der Waals surface area contributed by atoms with Crippen LogP contribution >= 0.6 is 15.9 Å². The van der Waals surface area contributed by atoms with E-state index in [0.717, 1.165) is 30.7 Å². The van der Waals surface area contributed by atoms with E-state index in [9.17, 15) is 0 Å². The Bertz CT molecular complexity index is 382. The van der Waals surface area contributed by atoms with Gasteiger partial charge in [0.15, 0.2) is 0 Å². The lowest BCUT2D eigenvalue weighted by atomic mass is 10.1. The molecule has 0 aromatic heterocycles. The number of hydrogen-bond donors (Lipinski definition) is 1. The zero-order chi connectivity index (χ0) is 14.3. The molecule has 1 aromatic carbocycles. The average molecular weight is 329 g/mol. The third-order valence-electron chi connectivity index (χ3n) is 3.13. The minimum atomic E-state index is 0.516. The smallest absolute Gasteiger partial charge is 0.0587 e. The minimum Gasteiger partial charge on any atom is -0.383 e. The van der Waals surface area contributed by atoms with E-state index in [4.69, 9.17) is 4.74 Å². The molecule has 0 spiro atoms. The number of rotatable bonds is 8. The number of hydrogen-bond acceptors (Lipinski definition) is 3. The molecular weight excluding hydrogens is 304 g/mol. The highest BCUT2D eigenvalue weighted by Crippen LogP contribution is 2.25. The quantitative estimate of drug-likeness (QED) is 0.740. The van der Waals surface area contributed by atoms with Crippen LogP contribution < -0.4 is 10.2 Å². The highest BCUT2D eigenvalue weighted by molar-refractivity contribution is 9.10. The summed E-state index contributed by atoms with van der Waals surface area (Å²) in [6, 6.07) is 7.10. The van der Waals surface area contributed by atoms with Gasteiger partial charge in [0.2, 0.25) is 0 Å². The highest BCUT2D eigenvalue weighted by Gasteiger charge is 2.10. The van der Waals surface area contributed by atoms with Gasteiger partial charge in [0.1, 0.15) is 0 Å². The Kier molecular flexibility index (Phi) is 7.42. The van der Waals surface area contributed by atoms with Crippen molar-refractivity contribution in [2.45, 2.75) is 33.4 Å². The standard InChI is InChI=1S/C15H25BrN2O/c1-5-18(12(2)3)14-7-6-13(15(16)10-14)11-17-8-9-19-4/h6-7,10,12,17H,5,8-9,11H2,1-4H3. The normalized spacial score (nSPS) is 11.1. The summed E-state index contributed by atoms with van der Waals surface area (Å²) in [5.74, 6) is 0. The van der Waals surface area contributed by atoms with Crippen molar-refractivity contribution in [3.8, 4) is 0 Å². The molecule has 0 amide bonds. The molecule has 0 radical (unpaired) electrons. The fourth-order valence-corrected chi connectivity index (χ4v) is 2.61. The van der Waals surface area contributed by atoms with E-state index in [2.05, 4.69) is 65.1 Å². The lowest BCUT2D eigenvalue weighted by Crippen LogP contribution is -2.30. The fourth-order valence-electron chi connectivity index (χ4n) is 2.10. The third kappa shape index (κ3) is 5.13. The Hall–Kier alpha value is -0.580. The average Bonchev–Trinajstić information content (AvgIpc) is 2.37. The van der Waals surface area contributed by atoms with Crippen molar-refractivity contribution in [1.29, 1.82) is 0 Å². The third-order valence-corrected chi connectivity index (χ3v) is 3.87. The van der Waals surface area contributed by atoms with Gasteiger partial charge in [-0.15, -0.1) is 0 Å². The van der Waals surface area contributed by atoms with Crippen molar-refractivity contribution >= 4 is 21.6 Å². The maximum Gasteiger partial charge on any atom is 0.0587 e. The maximum atomic E-state index is 5.02. The summed E-state index contributed by atoms with van der Waals surface area (Å²) in [5, 5.41) is 3.36. The number of nitrogens with one attached hydrogen (secondary N) is 1. The second-order valence-corrected chi connectivity index (χ2v) is 5.68. The molecule has 108 valence electrons. The van der Waals surface area contributed by atoms with Crippen LogP contribution in [0.2, 0.25) is 0 Å². The SMILES string of the molecule is CCN(c1ccc(CNCCOC)c(Br)c1)C(C)C. The van der Waals surface area contributed by atoms with Crippen LogP contribution in [0.5, 0.6) is 0 Å². The van der Waals surface area contributed by atoms with Crippen molar-refractivity contribution < 1.29 is 4.74 Å². The van der Waals surface area contributed by atoms with Crippen molar-refractivity contribution in [3.05, 3.63) is 28.2 Å². The van der Waals surface area contributed by atoms with Gasteiger partial charge in [0.25, 0.3) is 0 Å². The van der Waals surface area contributed by atoms with E-state index in [1.807, 2.05) is 0 Å². The molecule has 19 heavy (non-hydrogen) atoms. The van der Waals surface area contributed by atoms with Crippen LogP contribution in [-0.4, -0.2) is 32.8 Å². The Morgan fingerprint density at radius 1 is 1.37 bits per heavy atom. The number of halogens is 1. The molecule has 0 saturated carbocycles. The summed E-state index contributed by atoms with van der Waals surface area (Å²) in [7, 11) is 1.72. The van der Waals surface area contributed by atoms with E-state index in [1.165, 1.54) is 11.3 Å². The van der Waals surface area contributed by atoms with Gasteiger partial charge in [-0.05, 0) is 38.5 Å². The van der Waals surface area contributed by atoms with Crippen molar-refractivity contribution in [3.63, 3.8) is 0 Å². The molecule has 0 heterocycles. The monoisotopic (exact) mass is 328 g/mol. The van der Waals surface area contributed by atoms with E-state index in [0.29, 0.717) is 6.04 Å². The lowest BCUT2D eigenvalue weighted by molar-refractivity contribution is 0.199. The predicted octanol–water partition coefficient (Wildman–Crippen LogP) is 3.42. The van der Waals surface area contributed by atoms with Crippen LogP contribution in [0.15, 0.2) is 22.7 Å². The zero-order valence-electron chi connectivity index (χ0n) is 12.4. The van der Waals surface area contributed by atoms with Gasteiger partial charge in [-0.1, -0.05) is 22.0 Å². The Balaban J connectivity index is 2.68. The minimum absolute atomic E-state index is 0.516. The molecule has 4 heteroatoms. The number of ether oxygens (including phenoxy) is 1. The van der Waals surface area contributed by atoms with Gasteiger partial charge in [0.05, 0.1) is 6.61 Å². The molecule has 1 aromatic rings. The molecule has 1 rings (SSSR count). The number of methoxy groups -OCH3 is 1. The van der Waals surface area contributed by atoms with E-state index in [1.54, 1.807) is 7.11 Å². The largest absolute Gasteiger partial charge is 0.383 e. The van der Waals surface area contributed by atoms with Crippen LogP contribution in [0.3, 0.4) is 0 Å². The van der Waals surface area contributed by atoms with Crippen molar-refractivity contribution in [2.75, 3.05) is 31.7 Å². The molecule has 0 unspecified atom stereocenters. The van der Waals surface area contributed by atoms with Gasteiger partial charge in [0, 0.05) is 42.9 Å². The first-order chi connectivity index (χ1) is 9.10. The van der Waals surface area contributed by atoms with Crippen LogP contribution in [0, 0.1) is 0 Å². The van der Waals surface area contributed by atoms with Crippen LogP contribution in [-0.2, 0) is 11.3 Å². The van der Waals surface area contributed by atoms with E-state index < -0.39 is 0 Å². The topological polar surface area (TPSA) is 24.5 Å². The number of benzene rings is 1. The summed E-state index contributed by atoms with van der Waals surface area (Å²) in [5.41, 5.74) is 2.55. The first-order valence-corrected chi connectivity index (χ1v) is 7.64. The molecule has 0 fully saturated rings. The van der Waals surface area contributed by atoms with Crippen LogP contribution in [0.25, 0.3) is 0 Å². The summed E-state index contributed by atoms with van der Waals surface area (Å²) >= 11 is 3.67. The van der Waals surface area contributed by atoms with Gasteiger partial charge in [-0.3, -0.25) is 0 Å². The summed E-state index contributed by atoms with van der Waals surface area (Å²) in [6.45, 7) is 10.1. The van der Waals surface area contributed by atoms with E-state index >= 15 is 0 Å². The molecule has 1 N–H and O–H groups in total. The van der Waals surface area contributed by atoms with Crippen LogP contribution in [0.4, 0.5) is 5.69 Å². The summed E-state index contributed by atoms with van der Waals surface area (Å²) in [4.78, 5) is 2.38. The first-order valence-electron chi connectivity index (χ1n) is 6.84. The van der Waals surface area contributed by atoms with Crippen LogP contribution in [0.1, 0.15) is 26.3 Å².